The molecule has 0 atom stereocenters. The van der Waals surface area contributed by atoms with E-state index in [1.165, 1.54) is 31.6 Å². The van der Waals surface area contributed by atoms with E-state index in [-0.39, 0.29) is 28.7 Å². The van der Waals surface area contributed by atoms with Gasteiger partial charge in [-0.1, -0.05) is 5.16 Å². The lowest BCUT2D eigenvalue weighted by molar-refractivity contribution is 0.0693. The van der Waals surface area contributed by atoms with Crippen molar-refractivity contribution in [1.82, 2.24) is 10.1 Å². The molecule has 0 spiro atoms. The molecule has 2 N–H and O–H groups in total. The molecule has 24 heavy (non-hydrogen) atoms. The Morgan fingerprint density at radius 2 is 2.12 bits per heavy atom. The number of benzene rings is 1. The fourth-order valence-electron chi connectivity index (χ4n) is 1.97. The number of hydrogen-bond acceptors (Lipinski definition) is 7. The number of carbonyl (C=O) groups excluding carboxylic acids is 1. The van der Waals surface area contributed by atoms with Gasteiger partial charge in [0, 0.05) is 5.56 Å². The van der Waals surface area contributed by atoms with Crippen molar-refractivity contribution in [1.29, 1.82) is 0 Å². The smallest absolute Gasteiger partial charge is 0.339 e. The molecule has 1 amide bonds. The number of anilines is 1. The minimum Gasteiger partial charge on any atom is -0.496 e. The molecule has 0 aliphatic carbocycles. The number of furan rings is 1. The fraction of sp³-hybridized carbons (Fsp3) is 0.0667. The first-order valence-electron chi connectivity index (χ1n) is 6.68. The van der Waals surface area contributed by atoms with Crippen molar-refractivity contribution < 1.29 is 28.4 Å². The van der Waals surface area contributed by atoms with Crippen LogP contribution >= 0.6 is 0 Å². The average Bonchev–Trinajstić information content (AvgIpc) is 3.25. The Morgan fingerprint density at radius 1 is 1.29 bits per heavy atom. The van der Waals surface area contributed by atoms with E-state index in [1.54, 1.807) is 12.1 Å². The summed E-state index contributed by atoms with van der Waals surface area (Å²) >= 11 is 0. The maximum absolute atomic E-state index is 12.2. The first-order valence-corrected chi connectivity index (χ1v) is 6.68. The molecule has 9 heteroatoms. The first-order chi connectivity index (χ1) is 11.6. The molecular weight excluding hydrogens is 318 g/mol. The summed E-state index contributed by atoms with van der Waals surface area (Å²) in [4.78, 5) is 27.3. The summed E-state index contributed by atoms with van der Waals surface area (Å²) in [5, 5.41) is 15.2. The Kier molecular flexibility index (Phi) is 3.98. The maximum Gasteiger partial charge on any atom is 0.339 e. The van der Waals surface area contributed by atoms with E-state index >= 15 is 0 Å². The van der Waals surface area contributed by atoms with Gasteiger partial charge < -0.3 is 18.8 Å². The highest BCUT2D eigenvalue weighted by Crippen LogP contribution is 2.21. The summed E-state index contributed by atoms with van der Waals surface area (Å²) in [5.74, 6) is -1.10. The van der Waals surface area contributed by atoms with E-state index in [9.17, 15) is 9.59 Å². The Labute approximate surface area is 134 Å². The van der Waals surface area contributed by atoms with Crippen LogP contribution in [0.15, 0.2) is 45.5 Å². The average molecular weight is 329 g/mol. The van der Waals surface area contributed by atoms with Gasteiger partial charge in [-0.15, -0.1) is 0 Å². The molecule has 2 heterocycles. The van der Waals surface area contributed by atoms with Crippen LogP contribution in [0.2, 0.25) is 0 Å². The number of nitrogens with zero attached hydrogens (tertiary/aromatic N) is 2. The fourth-order valence-corrected chi connectivity index (χ4v) is 1.97. The molecule has 0 aliphatic heterocycles. The molecular formula is C15H11N3O6. The summed E-state index contributed by atoms with van der Waals surface area (Å²) in [6, 6.07) is 7.16. The number of carbonyl (C=O) groups is 2. The number of aromatic nitrogens is 2. The number of aromatic carboxylic acids is 1. The standard InChI is InChI=1S/C15H11N3O6/c1-22-10-5-4-8(7-9(10)14(20)21)13(19)17-15-16-12(18-24-15)11-3-2-6-23-11/h2-7H,1H3,(H,20,21)(H,16,17,18,19). The summed E-state index contributed by atoms with van der Waals surface area (Å²) in [6.07, 6.45) is 1.45. The van der Waals surface area contributed by atoms with E-state index in [4.69, 9.17) is 18.8 Å². The van der Waals surface area contributed by atoms with Gasteiger partial charge in [0.1, 0.15) is 11.3 Å². The van der Waals surface area contributed by atoms with E-state index in [0.717, 1.165) is 0 Å². The van der Waals surface area contributed by atoms with Crippen molar-refractivity contribution in [2.24, 2.45) is 0 Å². The molecule has 0 saturated heterocycles. The third-order valence-corrected chi connectivity index (χ3v) is 3.08. The lowest BCUT2D eigenvalue weighted by atomic mass is 10.1. The van der Waals surface area contributed by atoms with E-state index in [0.29, 0.717) is 5.76 Å². The van der Waals surface area contributed by atoms with Crippen molar-refractivity contribution in [2.75, 3.05) is 12.4 Å². The van der Waals surface area contributed by atoms with Crippen molar-refractivity contribution in [2.45, 2.75) is 0 Å². The Bertz CT molecular complexity index is 885. The number of rotatable bonds is 5. The highest BCUT2D eigenvalue weighted by Gasteiger charge is 2.17. The highest BCUT2D eigenvalue weighted by atomic mass is 16.5. The second kappa shape index (κ2) is 6.24. The third-order valence-electron chi connectivity index (χ3n) is 3.08. The van der Waals surface area contributed by atoms with Gasteiger partial charge in [-0.05, 0) is 30.3 Å². The van der Waals surface area contributed by atoms with Crippen molar-refractivity contribution in [3.63, 3.8) is 0 Å². The number of carboxylic acid groups (broad SMARTS) is 1. The molecule has 122 valence electrons. The molecule has 0 unspecified atom stereocenters. The normalized spacial score (nSPS) is 10.4. The first kappa shape index (κ1) is 15.3. The summed E-state index contributed by atoms with van der Waals surface area (Å²) in [6.45, 7) is 0. The molecule has 2 aromatic heterocycles. The van der Waals surface area contributed by atoms with Crippen LogP contribution in [-0.4, -0.2) is 34.2 Å². The van der Waals surface area contributed by atoms with Crippen LogP contribution in [0.4, 0.5) is 6.01 Å². The monoisotopic (exact) mass is 329 g/mol. The van der Waals surface area contributed by atoms with Crippen LogP contribution in [0.1, 0.15) is 20.7 Å². The van der Waals surface area contributed by atoms with Gasteiger partial charge in [0.05, 0.1) is 13.4 Å². The molecule has 0 fully saturated rings. The predicted molar refractivity (Wildman–Crippen MR) is 79.9 cm³/mol. The second-order valence-electron chi connectivity index (χ2n) is 4.57. The topological polar surface area (TPSA) is 128 Å². The predicted octanol–water partition coefficient (Wildman–Crippen LogP) is 2.29. The van der Waals surface area contributed by atoms with E-state index in [2.05, 4.69) is 15.5 Å². The zero-order chi connectivity index (χ0) is 17.1. The Hall–Kier alpha value is -3.62. The van der Waals surface area contributed by atoms with Crippen molar-refractivity contribution >= 4 is 17.9 Å². The highest BCUT2D eigenvalue weighted by molar-refractivity contribution is 6.05. The van der Waals surface area contributed by atoms with Gasteiger partial charge in [0.15, 0.2) is 5.76 Å². The number of carboxylic acids is 1. The van der Waals surface area contributed by atoms with Crippen LogP contribution in [0.3, 0.4) is 0 Å². The quantitative estimate of drug-likeness (QED) is 0.729. The number of ether oxygens (including phenoxy) is 1. The molecule has 3 rings (SSSR count). The van der Waals surface area contributed by atoms with E-state index < -0.39 is 11.9 Å². The van der Waals surface area contributed by atoms with Crippen molar-refractivity contribution in [3.8, 4) is 17.3 Å². The zero-order valence-corrected chi connectivity index (χ0v) is 12.3. The summed E-state index contributed by atoms with van der Waals surface area (Å²) in [5.41, 5.74) is -0.0297. The Balaban J connectivity index is 1.80. The minimum absolute atomic E-state index is 0.103. The molecule has 9 nitrogen and oxygen atoms in total. The van der Waals surface area contributed by atoms with Crippen LogP contribution < -0.4 is 10.1 Å². The van der Waals surface area contributed by atoms with Crippen LogP contribution in [0, 0.1) is 0 Å². The van der Waals surface area contributed by atoms with Crippen LogP contribution in [-0.2, 0) is 0 Å². The second-order valence-corrected chi connectivity index (χ2v) is 4.57. The van der Waals surface area contributed by atoms with E-state index in [1.807, 2.05) is 0 Å². The van der Waals surface area contributed by atoms with Gasteiger partial charge >= 0.3 is 12.0 Å². The van der Waals surface area contributed by atoms with Crippen LogP contribution in [0.5, 0.6) is 5.75 Å². The number of nitrogens with one attached hydrogen (secondary N) is 1. The SMILES string of the molecule is COc1ccc(C(=O)Nc2nc(-c3ccco3)no2)cc1C(=O)O. The van der Waals surface area contributed by atoms with Gasteiger partial charge in [0.25, 0.3) is 5.91 Å². The number of amides is 1. The summed E-state index contributed by atoms with van der Waals surface area (Å²) in [7, 11) is 1.34. The van der Waals surface area contributed by atoms with Gasteiger partial charge in [-0.25, -0.2) is 4.79 Å². The molecule has 0 bridgehead atoms. The summed E-state index contributed by atoms with van der Waals surface area (Å²) < 4.78 is 15.0. The largest absolute Gasteiger partial charge is 0.496 e. The van der Waals surface area contributed by atoms with Crippen LogP contribution in [0.25, 0.3) is 11.6 Å². The Morgan fingerprint density at radius 3 is 2.79 bits per heavy atom. The molecule has 0 radical (unpaired) electrons. The molecule has 0 saturated carbocycles. The van der Waals surface area contributed by atoms with Crippen molar-refractivity contribution in [3.05, 3.63) is 47.7 Å². The molecule has 0 aliphatic rings. The third kappa shape index (κ3) is 2.95. The van der Waals surface area contributed by atoms with Gasteiger partial charge in [-0.2, -0.15) is 4.98 Å². The number of methoxy groups -OCH3 is 1. The minimum atomic E-state index is -1.21. The number of hydrogen-bond donors (Lipinski definition) is 2. The lowest BCUT2D eigenvalue weighted by Crippen LogP contribution is -2.13. The zero-order valence-electron chi connectivity index (χ0n) is 12.3. The molecule has 3 aromatic rings. The maximum atomic E-state index is 12.2. The van der Waals surface area contributed by atoms with Gasteiger partial charge in [0.2, 0.25) is 5.82 Å². The van der Waals surface area contributed by atoms with Gasteiger partial charge in [-0.3, -0.25) is 10.1 Å². The molecule has 1 aromatic carbocycles. The lowest BCUT2D eigenvalue weighted by Gasteiger charge is -2.06.